The van der Waals surface area contributed by atoms with Gasteiger partial charge in [0.05, 0.1) is 0 Å². The summed E-state index contributed by atoms with van der Waals surface area (Å²) in [6.07, 6.45) is 1.93. The van der Waals surface area contributed by atoms with Gasteiger partial charge in [-0.05, 0) is 24.0 Å². The maximum atomic E-state index is 12.0. The average molecular weight is 253 g/mol. The van der Waals surface area contributed by atoms with Crippen LogP contribution in [-0.4, -0.2) is 38.0 Å². The van der Waals surface area contributed by atoms with E-state index >= 15 is 0 Å². The lowest BCUT2D eigenvalue weighted by atomic mass is 10.1. The molecule has 4 nitrogen and oxygen atoms in total. The molecule has 92 valence electrons. The molecule has 1 aliphatic heterocycles. The number of thioether (sulfide) groups is 1. The fourth-order valence-corrected chi connectivity index (χ4v) is 2.52. The van der Waals surface area contributed by atoms with Crippen molar-refractivity contribution in [2.45, 2.75) is 5.25 Å². The Kier molecular flexibility index (Phi) is 3.47. The van der Waals surface area contributed by atoms with Crippen LogP contribution in [0.3, 0.4) is 0 Å². The maximum absolute atomic E-state index is 12.0. The van der Waals surface area contributed by atoms with E-state index < -0.39 is 0 Å². The minimum absolute atomic E-state index is 0.0800. The van der Waals surface area contributed by atoms with Crippen LogP contribution in [0.5, 0.6) is 11.5 Å². The predicted molar refractivity (Wildman–Crippen MR) is 67.5 cm³/mol. The van der Waals surface area contributed by atoms with E-state index in [1.165, 1.54) is 11.8 Å². The highest BCUT2D eigenvalue weighted by Crippen LogP contribution is 2.37. The Morgan fingerprint density at radius 2 is 2.06 bits per heavy atom. The van der Waals surface area contributed by atoms with Gasteiger partial charge < -0.3 is 14.4 Å². The first-order chi connectivity index (χ1) is 8.13. The molecule has 0 saturated carbocycles. The van der Waals surface area contributed by atoms with Crippen LogP contribution in [0.1, 0.15) is 10.8 Å². The number of benzene rings is 1. The highest BCUT2D eigenvalue weighted by atomic mass is 32.2. The lowest BCUT2D eigenvalue weighted by Crippen LogP contribution is -2.26. The first-order valence-corrected chi connectivity index (χ1v) is 6.55. The maximum Gasteiger partial charge on any atom is 0.239 e. The van der Waals surface area contributed by atoms with Gasteiger partial charge in [-0.25, -0.2) is 0 Å². The van der Waals surface area contributed by atoms with Crippen LogP contribution in [0.25, 0.3) is 0 Å². The standard InChI is InChI=1S/C12H15NO3S/c1-13(2)12(14)11(17-3)8-4-5-9-10(6-8)16-7-15-9/h4-6,11H,7H2,1-3H3. The molecule has 1 aromatic rings. The second kappa shape index (κ2) is 4.87. The van der Waals surface area contributed by atoms with Gasteiger partial charge in [0, 0.05) is 14.1 Å². The normalized spacial score (nSPS) is 14.5. The van der Waals surface area contributed by atoms with Crippen molar-refractivity contribution in [1.82, 2.24) is 4.90 Å². The molecule has 0 bridgehead atoms. The van der Waals surface area contributed by atoms with Crippen LogP contribution in [0.15, 0.2) is 18.2 Å². The van der Waals surface area contributed by atoms with Gasteiger partial charge in [-0.2, -0.15) is 0 Å². The van der Waals surface area contributed by atoms with Gasteiger partial charge in [-0.15, -0.1) is 11.8 Å². The Labute approximate surface area is 105 Å². The highest BCUT2D eigenvalue weighted by molar-refractivity contribution is 7.99. The predicted octanol–water partition coefficient (Wildman–Crippen LogP) is 1.91. The number of carbonyl (C=O) groups is 1. The van der Waals surface area contributed by atoms with E-state index in [0.717, 1.165) is 11.3 Å². The molecule has 0 fully saturated rings. The molecule has 0 aliphatic carbocycles. The Morgan fingerprint density at radius 3 is 2.71 bits per heavy atom. The monoisotopic (exact) mass is 253 g/mol. The summed E-state index contributed by atoms with van der Waals surface area (Å²) in [5, 5.41) is -0.195. The van der Waals surface area contributed by atoms with E-state index in [4.69, 9.17) is 9.47 Å². The van der Waals surface area contributed by atoms with Crippen molar-refractivity contribution in [3.8, 4) is 11.5 Å². The minimum atomic E-state index is -0.195. The summed E-state index contributed by atoms with van der Waals surface area (Å²) < 4.78 is 10.6. The van der Waals surface area contributed by atoms with Crippen molar-refractivity contribution in [3.05, 3.63) is 23.8 Å². The van der Waals surface area contributed by atoms with Crippen LogP contribution in [0.4, 0.5) is 0 Å². The van der Waals surface area contributed by atoms with Gasteiger partial charge in [0.25, 0.3) is 0 Å². The van der Waals surface area contributed by atoms with Crippen molar-refractivity contribution in [2.75, 3.05) is 27.1 Å². The summed E-state index contributed by atoms with van der Waals surface area (Å²) in [7, 11) is 3.52. The zero-order valence-corrected chi connectivity index (χ0v) is 10.9. The molecule has 5 heteroatoms. The summed E-state index contributed by atoms with van der Waals surface area (Å²) >= 11 is 1.52. The fraction of sp³-hybridized carbons (Fsp3) is 0.417. The van der Waals surface area contributed by atoms with E-state index in [9.17, 15) is 4.79 Å². The summed E-state index contributed by atoms with van der Waals surface area (Å²) in [6, 6.07) is 5.64. The quantitative estimate of drug-likeness (QED) is 0.825. The number of hydrogen-bond donors (Lipinski definition) is 0. The Morgan fingerprint density at radius 1 is 1.35 bits per heavy atom. The first-order valence-electron chi connectivity index (χ1n) is 5.27. The van der Waals surface area contributed by atoms with Gasteiger partial charge in [0.15, 0.2) is 11.5 Å². The smallest absolute Gasteiger partial charge is 0.239 e. The molecule has 1 amide bonds. The summed E-state index contributed by atoms with van der Waals surface area (Å²) in [6.45, 7) is 0.254. The summed E-state index contributed by atoms with van der Waals surface area (Å²) in [4.78, 5) is 13.6. The van der Waals surface area contributed by atoms with Crippen molar-refractivity contribution >= 4 is 17.7 Å². The first kappa shape index (κ1) is 12.1. The van der Waals surface area contributed by atoms with E-state index in [1.54, 1.807) is 19.0 Å². The zero-order valence-electron chi connectivity index (χ0n) is 10.1. The molecule has 17 heavy (non-hydrogen) atoms. The Hall–Kier alpha value is -1.36. The molecule has 0 spiro atoms. The Balaban J connectivity index is 2.28. The highest BCUT2D eigenvalue weighted by Gasteiger charge is 2.23. The van der Waals surface area contributed by atoms with Gasteiger partial charge in [0.2, 0.25) is 12.7 Å². The third-order valence-electron chi connectivity index (χ3n) is 2.60. The van der Waals surface area contributed by atoms with Crippen molar-refractivity contribution < 1.29 is 14.3 Å². The van der Waals surface area contributed by atoms with Crippen LogP contribution in [0.2, 0.25) is 0 Å². The number of nitrogens with zero attached hydrogens (tertiary/aromatic N) is 1. The van der Waals surface area contributed by atoms with Crippen LogP contribution >= 0.6 is 11.8 Å². The molecule has 1 aromatic carbocycles. The molecule has 1 atom stereocenters. The second-order valence-electron chi connectivity index (χ2n) is 3.96. The van der Waals surface area contributed by atoms with Crippen LogP contribution in [0, 0.1) is 0 Å². The van der Waals surface area contributed by atoms with Gasteiger partial charge in [-0.1, -0.05) is 6.07 Å². The molecule has 1 heterocycles. The molecular formula is C12H15NO3S. The van der Waals surface area contributed by atoms with Crippen molar-refractivity contribution in [1.29, 1.82) is 0 Å². The van der Waals surface area contributed by atoms with Gasteiger partial charge in [-0.3, -0.25) is 4.79 Å². The number of ether oxygens (including phenoxy) is 2. The number of rotatable bonds is 3. The minimum Gasteiger partial charge on any atom is -0.454 e. The third-order valence-corrected chi connectivity index (χ3v) is 3.55. The van der Waals surface area contributed by atoms with E-state index in [-0.39, 0.29) is 18.0 Å². The average Bonchev–Trinajstić information content (AvgIpc) is 2.77. The number of amides is 1. The number of carbonyl (C=O) groups excluding carboxylic acids is 1. The lowest BCUT2D eigenvalue weighted by Gasteiger charge is -2.19. The molecule has 0 aromatic heterocycles. The van der Waals surface area contributed by atoms with E-state index in [1.807, 2.05) is 24.5 Å². The number of likely N-dealkylation sites (N-methyl/N-ethyl adjacent to an activating group) is 1. The van der Waals surface area contributed by atoms with Crippen molar-refractivity contribution in [2.24, 2.45) is 0 Å². The molecule has 0 saturated heterocycles. The van der Waals surface area contributed by atoms with Crippen LogP contribution in [-0.2, 0) is 4.79 Å². The van der Waals surface area contributed by atoms with E-state index in [2.05, 4.69) is 0 Å². The summed E-state index contributed by atoms with van der Waals surface area (Å²) in [5.74, 6) is 1.54. The lowest BCUT2D eigenvalue weighted by molar-refractivity contribution is -0.128. The largest absolute Gasteiger partial charge is 0.454 e. The Bertz CT molecular complexity index is 434. The SMILES string of the molecule is CSC(C(=O)N(C)C)c1ccc2c(c1)OCO2. The van der Waals surface area contributed by atoms with E-state index in [0.29, 0.717) is 5.75 Å². The number of hydrogen-bond acceptors (Lipinski definition) is 4. The molecule has 1 unspecified atom stereocenters. The summed E-state index contributed by atoms with van der Waals surface area (Å²) in [5.41, 5.74) is 0.945. The second-order valence-corrected chi connectivity index (χ2v) is 4.90. The fourth-order valence-electron chi connectivity index (χ4n) is 1.69. The molecule has 2 rings (SSSR count). The molecule has 0 N–H and O–H groups in total. The third kappa shape index (κ3) is 2.34. The van der Waals surface area contributed by atoms with Gasteiger partial charge in [0.1, 0.15) is 5.25 Å². The zero-order chi connectivity index (χ0) is 12.4. The van der Waals surface area contributed by atoms with Crippen molar-refractivity contribution in [3.63, 3.8) is 0 Å². The molecule has 1 aliphatic rings. The molecular weight excluding hydrogens is 238 g/mol. The number of fused-ring (bicyclic) bond motifs is 1. The topological polar surface area (TPSA) is 38.8 Å². The van der Waals surface area contributed by atoms with Gasteiger partial charge >= 0.3 is 0 Å². The molecule has 0 radical (unpaired) electrons. The van der Waals surface area contributed by atoms with Crippen LogP contribution < -0.4 is 9.47 Å².